The first-order valence-corrected chi connectivity index (χ1v) is 12.5. The van der Waals surface area contributed by atoms with E-state index in [9.17, 15) is 9.59 Å². The molecule has 0 radical (unpaired) electrons. The SMILES string of the molecule is COC(=O)c1cccc(-c2ccc([C@H]3[C@H](c4ccccn4)NC(=S)N3c3ccc(OC)c(NC(C)=O)c3)o2)c1. The van der Waals surface area contributed by atoms with Crippen LogP contribution >= 0.6 is 12.2 Å². The Labute approximate surface area is 230 Å². The zero-order chi connectivity index (χ0) is 27.5. The number of hydrogen-bond donors (Lipinski definition) is 2. The van der Waals surface area contributed by atoms with E-state index in [0.717, 1.165) is 16.9 Å². The summed E-state index contributed by atoms with van der Waals surface area (Å²) >= 11 is 5.80. The number of ether oxygens (including phenoxy) is 2. The molecule has 2 atom stereocenters. The Bertz CT molecular complexity index is 1540. The molecule has 5 rings (SSSR count). The van der Waals surface area contributed by atoms with E-state index in [2.05, 4.69) is 15.6 Å². The van der Waals surface area contributed by atoms with Gasteiger partial charge in [0.25, 0.3) is 0 Å². The first-order chi connectivity index (χ1) is 18.9. The monoisotopic (exact) mass is 542 g/mol. The molecule has 2 aromatic carbocycles. The van der Waals surface area contributed by atoms with Gasteiger partial charge < -0.3 is 29.4 Å². The molecule has 3 heterocycles. The maximum Gasteiger partial charge on any atom is 0.337 e. The number of aromatic nitrogens is 1. The fraction of sp³-hybridized carbons (Fsp3) is 0.172. The van der Waals surface area contributed by atoms with Crippen molar-refractivity contribution >= 4 is 40.6 Å². The van der Waals surface area contributed by atoms with E-state index in [1.807, 2.05) is 53.4 Å². The number of hydrogen-bond acceptors (Lipinski definition) is 7. The van der Waals surface area contributed by atoms with Gasteiger partial charge in [-0.1, -0.05) is 18.2 Å². The van der Waals surface area contributed by atoms with E-state index in [1.54, 1.807) is 37.6 Å². The van der Waals surface area contributed by atoms with E-state index in [4.69, 9.17) is 26.1 Å². The number of nitrogens with one attached hydrogen (secondary N) is 2. The van der Waals surface area contributed by atoms with Gasteiger partial charge >= 0.3 is 5.97 Å². The minimum Gasteiger partial charge on any atom is -0.495 e. The van der Waals surface area contributed by atoms with Crippen molar-refractivity contribution in [3.05, 3.63) is 96.0 Å². The number of nitrogens with zero attached hydrogens (tertiary/aromatic N) is 2. The van der Waals surface area contributed by atoms with Crippen molar-refractivity contribution in [3.8, 4) is 17.1 Å². The van der Waals surface area contributed by atoms with Gasteiger partial charge in [-0.2, -0.15) is 0 Å². The smallest absolute Gasteiger partial charge is 0.337 e. The van der Waals surface area contributed by atoms with Crippen LogP contribution < -0.4 is 20.3 Å². The van der Waals surface area contributed by atoms with Crippen molar-refractivity contribution in [1.29, 1.82) is 0 Å². The Balaban J connectivity index is 1.59. The second-order valence-electron chi connectivity index (χ2n) is 8.84. The molecule has 1 aliphatic heterocycles. The summed E-state index contributed by atoms with van der Waals surface area (Å²) < 4.78 is 16.7. The molecule has 0 aliphatic carbocycles. The normalized spacial score (nSPS) is 16.5. The van der Waals surface area contributed by atoms with Crippen LogP contribution in [0.3, 0.4) is 0 Å². The number of carbonyl (C=O) groups is 2. The van der Waals surface area contributed by atoms with Crippen molar-refractivity contribution in [3.63, 3.8) is 0 Å². The van der Waals surface area contributed by atoms with Crippen molar-refractivity contribution in [1.82, 2.24) is 10.3 Å². The second kappa shape index (κ2) is 11.0. The molecule has 1 saturated heterocycles. The van der Waals surface area contributed by atoms with Crippen LogP contribution in [-0.2, 0) is 9.53 Å². The van der Waals surface area contributed by atoms with Crippen LogP contribution in [0.2, 0.25) is 0 Å². The van der Waals surface area contributed by atoms with Crippen LogP contribution in [-0.4, -0.2) is 36.2 Å². The molecule has 0 spiro atoms. The zero-order valence-corrected chi connectivity index (χ0v) is 22.3. The number of anilines is 2. The van der Waals surface area contributed by atoms with Crippen LogP contribution in [0.15, 0.2) is 83.4 Å². The van der Waals surface area contributed by atoms with Gasteiger partial charge in [0, 0.05) is 24.4 Å². The first kappa shape index (κ1) is 25.9. The lowest BCUT2D eigenvalue weighted by Gasteiger charge is -2.27. The average Bonchev–Trinajstić information content (AvgIpc) is 3.57. The molecule has 1 fully saturated rings. The molecule has 39 heavy (non-hydrogen) atoms. The fourth-order valence-corrected chi connectivity index (χ4v) is 4.99. The van der Waals surface area contributed by atoms with Gasteiger partial charge in [0.1, 0.15) is 23.3 Å². The van der Waals surface area contributed by atoms with Crippen molar-refractivity contribution in [2.24, 2.45) is 0 Å². The highest BCUT2D eigenvalue weighted by atomic mass is 32.1. The summed E-state index contributed by atoms with van der Waals surface area (Å²) in [6.07, 6.45) is 1.73. The molecule has 0 unspecified atom stereocenters. The fourth-order valence-electron chi connectivity index (χ4n) is 4.64. The molecular weight excluding hydrogens is 516 g/mol. The number of amides is 1. The number of carbonyl (C=O) groups excluding carboxylic acids is 2. The van der Waals surface area contributed by atoms with Crippen LogP contribution in [0.25, 0.3) is 11.3 Å². The van der Waals surface area contributed by atoms with Gasteiger partial charge in [-0.3, -0.25) is 9.78 Å². The molecule has 198 valence electrons. The summed E-state index contributed by atoms with van der Waals surface area (Å²) in [7, 11) is 2.89. The van der Waals surface area contributed by atoms with Crippen LogP contribution in [0.1, 0.15) is 40.8 Å². The summed E-state index contributed by atoms with van der Waals surface area (Å²) in [5.41, 5.74) is 3.19. The van der Waals surface area contributed by atoms with E-state index in [-0.39, 0.29) is 11.9 Å². The first-order valence-electron chi connectivity index (χ1n) is 12.1. The van der Waals surface area contributed by atoms with Gasteiger partial charge in [-0.25, -0.2) is 4.79 Å². The molecule has 2 N–H and O–H groups in total. The molecular formula is C29H26N4O5S. The Hall–Kier alpha value is -4.70. The van der Waals surface area contributed by atoms with Gasteiger partial charge in [0.2, 0.25) is 5.91 Å². The maximum absolute atomic E-state index is 12.1. The van der Waals surface area contributed by atoms with E-state index < -0.39 is 12.0 Å². The number of pyridine rings is 1. The maximum atomic E-state index is 12.1. The molecule has 10 heteroatoms. The largest absolute Gasteiger partial charge is 0.495 e. The number of rotatable bonds is 7. The third-order valence-electron chi connectivity index (χ3n) is 6.36. The average molecular weight is 543 g/mol. The van der Waals surface area contributed by atoms with Crippen molar-refractivity contribution < 1.29 is 23.5 Å². The standard InChI is InChI=1S/C29H26N4O5S/c1-17(34)31-22-16-20(10-11-24(22)36-2)33-27(26(32-29(33)39)21-9-4-5-14-30-21)25-13-12-23(38-25)18-7-6-8-19(15-18)28(35)37-3/h4-16,26-27H,1-3H3,(H,31,34)(H,32,39)/t26-,27-/m0/s1. The molecule has 4 aromatic rings. The summed E-state index contributed by atoms with van der Waals surface area (Å²) in [6, 6.07) is 21.2. The van der Waals surface area contributed by atoms with Crippen LogP contribution in [0.5, 0.6) is 5.75 Å². The number of benzene rings is 2. The van der Waals surface area contributed by atoms with Gasteiger partial charge in [0.15, 0.2) is 5.11 Å². The Morgan fingerprint density at radius 2 is 1.90 bits per heavy atom. The second-order valence-corrected chi connectivity index (χ2v) is 9.22. The highest BCUT2D eigenvalue weighted by molar-refractivity contribution is 7.80. The Kier molecular flexibility index (Phi) is 7.29. The lowest BCUT2D eigenvalue weighted by Crippen LogP contribution is -2.29. The summed E-state index contributed by atoms with van der Waals surface area (Å²) in [5, 5.41) is 6.68. The Morgan fingerprint density at radius 1 is 1.05 bits per heavy atom. The molecule has 0 bridgehead atoms. The minimum absolute atomic E-state index is 0.222. The van der Waals surface area contributed by atoms with E-state index in [1.165, 1.54) is 14.0 Å². The minimum atomic E-state index is -0.426. The highest BCUT2D eigenvalue weighted by Gasteiger charge is 2.42. The quantitative estimate of drug-likeness (QED) is 0.239. The van der Waals surface area contributed by atoms with Crippen molar-refractivity contribution in [2.75, 3.05) is 24.4 Å². The molecule has 1 aliphatic rings. The van der Waals surface area contributed by atoms with Gasteiger partial charge in [0.05, 0.1) is 37.2 Å². The van der Waals surface area contributed by atoms with Gasteiger partial charge in [-0.05, 0) is 66.8 Å². The molecule has 1 amide bonds. The third kappa shape index (κ3) is 5.19. The highest BCUT2D eigenvalue weighted by Crippen LogP contribution is 2.44. The molecule has 0 saturated carbocycles. The van der Waals surface area contributed by atoms with E-state index >= 15 is 0 Å². The number of thiocarbonyl (C=S) groups is 1. The third-order valence-corrected chi connectivity index (χ3v) is 6.67. The summed E-state index contributed by atoms with van der Waals surface area (Å²) in [4.78, 5) is 30.4. The number of esters is 1. The topological polar surface area (TPSA) is 106 Å². The van der Waals surface area contributed by atoms with Crippen molar-refractivity contribution in [2.45, 2.75) is 19.0 Å². The van der Waals surface area contributed by atoms with Gasteiger partial charge in [-0.15, -0.1) is 0 Å². The van der Waals surface area contributed by atoms with Crippen LogP contribution in [0, 0.1) is 0 Å². The predicted molar refractivity (Wildman–Crippen MR) is 151 cm³/mol. The van der Waals surface area contributed by atoms with Crippen LogP contribution in [0.4, 0.5) is 11.4 Å². The lowest BCUT2D eigenvalue weighted by atomic mass is 10.0. The lowest BCUT2D eigenvalue weighted by molar-refractivity contribution is -0.114. The predicted octanol–water partition coefficient (Wildman–Crippen LogP) is 5.27. The molecule has 9 nitrogen and oxygen atoms in total. The summed E-state index contributed by atoms with van der Waals surface area (Å²) in [6.45, 7) is 1.44. The summed E-state index contributed by atoms with van der Waals surface area (Å²) in [5.74, 6) is 1.09. The number of furan rings is 1. The Morgan fingerprint density at radius 3 is 2.62 bits per heavy atom. The zero-order valence-electron chi connectivity index (χ0n) is 21.5. The number of methoxy groups -OCH3 is 2. The molecule has 2 aromatic heterocycles. The van der Waals surface area contributed by atoms with E-state index in [0.29, 0.717) is 33.6 Å².